The first-order chi connectivity index (χ1) is 15.4. The van der Waals surface area contributed by atoms with Gasteiger partial charge in [0.1, 0.15) is 5.75 Å². The van der Waals surface area contributed by atoms with Crippen LogP contribution >= 0.6 is 0 Å². The van der Waals surface area contributed by atoms with Gasteiger partial charge in [-0.25, -0.2) is 4.68 Å². The number of hydrogen-bond acceptors (Lipinski definition) is 3. The summed E-state index contributed by atoms with van der Waals surface area (Å²) in [6.07, 6.45) is 1.73. The van der Waals surface area contributed by atoms with E-state index in [1.165, 1.54) is 5.56 Å². The molecule has 5 nitrogen and oxygen atoms in total. The van der Waals surface area contributed by atoms with Gasteiger partial charge < -0.3 is 10.1 Å². The van der Waals surface area contributed by atoms with Crippen LogP contribution in [0, 0.1) is 0 Å². The Hall–Kier alpha value is -3.86. The maximum absolute atomic E-state index is 12.6. The van der Waals surface area contributed by atoms with Gasteiger partial charge in [0.2, 0.25) is 0 Å². The minimum absolute atomic E-state index is 0.102. The third-order valence-corrected chi connectivity index (χ3v) is 5.21. The van der Waals surface area contributed by atoms with Gasteiger partial charge in [-0.2, -0.15) is 5.10 Å². The molecule has 0 aliphatic rings. The predicted molar refractivity (Wildman–Crippen MR) is 128 cm³/mol. The van der Waals surface area contributed by atoms with Crippen LogP contribution in [0.5, 0.6) is 5.75 Å². The summed E-state index contributed by atoms with van der Waals surface area (Å²) in [5, 5.41) is 7.21. The molecule has 3 aromatic carbocycles. The molecule has 1 aromatic heterocycles. The average Bonchev–Trinajstić information content (AvgIpc) is 3.28. The van der Waals surface area contributed by atoms with Gasteiger partial charge in [0, 0.05) is 11.9 Å². The van der Waals surface area contributed by atoms with Crippen molar-refractivity contribution < 1.29 is 9.53 Å². The predicted octanol–water partition coefficient (Wildman–Crippen LogP) is 6.14. The third kappa shape index (κ3) is 5.24. The maximum Gasteiger partial charge on any atom is 0.276 e. The highest BCUT2D eigenvalue weighted by Crippen LogP contribution is 2.24. The van der Waals surface area contributed by atoms with Crippen molar-refractivity contribution in [3.05, 3.63) is 102 Å². The minimum atomic E-state index is -0.259. The van der Waals surface area contributed by atoms with Gasteiger partial charge >= 0.3 is 0 Å². The number of nitrogens with zero attached hydrogens (tertiary/aromatic N) is 2. The van der Waals surface area contributed by atoms with Gasteiger partial charge in [0.05, 0.1) is 0 Å². The number of anilines is 1. The van der Waals surface area contributed by atoms with Crippen molar-refractivity contribution in [2.75, 3.05) is 5.32 Å². The molecule has 0 fully saturated rings. The Morgan fingerprint density at radius 2 is 1.53 bits per heavy atom. The van der Waals surface area contributed by atoms with Gasteiger partial charge in [0.25, 0.3) is 5.91 Å². The van der Waals surface area contributed by atoms with Crippen LogP contribution in [-0.2, 0) is 12.1 Å². The molecule has 162 valence electrons. The summed E-state index contributed by atoms with van der Waals surface area (Å²) in [4.78, 5) is 12.6. The number of benzene rings is 3. The van der Waals surface area contributed by atoms with Crippen molar-refractivity contribution in [3.63, 3.8) is 0 Å². The van der Waals surface area contributed by atoms with E-state index in [1.54, 1.807) is 16.9 Å². The molecule has 0 bridgehead atoms. The highest BCUT2D eigenvalue weighted by molar-refractivity contribution is 6.02. The van der Waals surface area contributed by atoms with E-state index in [1.807, 2.05) is 54.6 Å². The second kappa shape index (κ2) is 9.10. The van der Waals surface area contributed by atoms with Gasteiger partial charge in [-0.15, -0.1) is 0 Å². The van der Waals surface area contributed by atoms with E-state index in [2.05, 4.69) is 55.5 Å². The molecule has 0 spiro atoms. The fourth-order valence-corrected chi connectivity index (χ4v) is 3.32. The van der Waals surface area contributed by atoms with Crippen LogP contribution in [0.3, 0.4) is 0 Å². The average molecular weight is 426 g/mol. The number of nitrogens with one attached hydrogen (secondary N) is 1. The molecule has 4 rings (SSSR count). The first-order valence-corrected chi connectivity index (χ1v) is 10.6. The zero-order valence-electron chi connectivity index (χ0n) is 18.6. The Bertz CT molecular complexity index is 1170. The van der Waals surface area contributed by atoms with E-state index in [0.29, 0.717) is 5.69 Å². The quantitative estimate of drug-likeness (QED) is 0.404. The maximum atomic E-state index is 12.6. The van der Waals surface area contributed by atoms with E-state index < -0.39 is 0 Å². The molecular formula is C27H27N3O2. The van der Waals surface area contributed by atoms with E-state index >= 15 is 0 Å². The molecule has 0 unspecified atom stereocenters. The highest BCUT2D eigenvalue weighted by atomic mass is 16.5. The molecule has 0 saturated carbocycles. The summed E-state index contributed by atoms with van der Waals surface area (Å²) in [5.74, 6) is 0.503. The molecular weight excluding hydrogens is 398 g/mol. The number of carbonyl (C=O) groups is 1. The number of hydrogen-bond donors (Lipinski definition) is 1. The smallest absolute Gasteiger partial charge is 0.276 e. The van der Waals surface area contributed by atoms with Crippen LogP contribution in [0.1, 0.15) is 36.8 Å². The first-order valence-electron chi connectivity index (χ1n) is 10.6. The van der Waals surface area contributed by atoms with E-state index in [4.69, 9.17) is 4.74 Å². The van der Waals surface area contributed by atoms with Crippen molar-refractivity contribution in [1.29, 1.82) is 0 Å². The lowest BCUT2D eigenvalue weighted by molar-refractivity contribution is 0.102. The van der Waals surface area contributed by atoms with Crippen LogP contribution < -0.4 is 10.1 Å². The summed E-state index contributed by atoms with van der Waals surface area (Å²) in [6.45, 7) is 6.76. The zero-order valence-corrected chi connectivity index (χ0v) is 18.6. The van der Waals surface area contributed by atoms with Crippen LogP contribution in [0.15, 0.2) is 91.1 Å². The van der Waals surface area contributed by atoms with Crippen molar-refractivity contribution in [3.8, 4) is 16.9 Å². The fourth-order valence-electron chi connectivity index (χ4n) is 3.32. The molecule has 0 atom stereocenters. The van der Waals surface area contributed by atoms with Gasteiger partial charge in [0.15, 0.2) is 12.4 Å². The molecule has 0 aliphatic carbocycles. The summed E-state index contributed by atoms with van der Waals surface area (Å²) in [5.41, 5.74) is 4.64. The van der Waals surface area contributed by atoms with Crippen LogP contribution in [0.2, 0.25) is 0 Å². The van der Waals surface area contributed by atoms with Crippen molar-refractivity contribution in [2.24, 2.45) is 0 Å². The van der Waals surface area contributed by atoms with Crippen LogP contribution in [-0.4, -0.2) is 15.7 Å². The number of ether oxygens (including phenoxy) is 1. The van der Waals surface area contributed by atoms with E-state index in [0.717, 1.165) is 22.6 Å². The molecule has 5 heteroatoms. The Labute approximate surface area is 188 Å². The van der Waals surface area contributed by atoms with Crippen LogP contribution in [0.4, 0.5) is 5.69 Å². The van der Waals surface area contributed by atoms with Gasteiger partial charge in [-0.05, 0) is 52.4 Å². The summed E-state index contributed by atoms with van der Waals surface area (Å²) in [6, 6.07) is 27.6. The Morgan fingerprint density at radius 3 is 2.19 bits per heavy atom. The molecule has 4 aromatic rings. The standard InChI is InChI=1S/C27H27N3O2/c1-27(2,3)22-11-15-24(16-12-22)32-19-30-18-17-25(29-30)26(31)28-23-13-9-21(10-14-23)20-7-5-4-6-8-20/h4-18H,19H2,1-3H3,(H,28,31). The van der Waals surface area contributed by atoms with Crippen molar-refractivity contribution in [2.45, 2.75) is 32.9 Å². The zero-order chi connectivity index (χ0) is 22.6. The van der Waals surface area contributed by atoms with E-state index in [9.17, 15) is 4.79 Å². The Balaban J connectivity index is 1.33. The SMILES string of the molecule is CC(C)(C)c1ccc(OCn2ccc(C(=O)Nc3ccc(-c4ccccc4)cc3)n2)cc1. The number of carbonyl (C=O) groups excluding carboxylic acids is 1. The highest BCUT2D eigenvalue weighted by Gasteiger charge is 2.13. The largest absolute Gasteiger partial charge is 0.471 e. The topological polar surface area (TPSA) is 56.1 Å². The second-order valence-electron chi connectivity index (χ2n) is 8.69. The molecule has 0 radical (unpaired) electrons. The number of amides is 1. The molecule has 1 amide bonds. The summed E-state index contributed by atoms with van der Waals surface area (Å²) in [7, 11) is 0. The van der Waals surface area contributed by atoms with Crippen molar-refractivity contribution in [1.82, 2.24) is 9.78 Å². The lowest BCUT2D eigenvalue weighted by Gasteiger charge is -2.19. The molecule has 1 N–H and O–H groups in total. The van der Waals surface area contributed by atoms with E-state index in [-0.39, 0.29) is 18.1 Å². The lowest BCUT2D eigenvalue weighted by Crippen LogP contribution is -2.14. The van der Waals surface area contributed by atoms with Crippen LogP contribution in [0.25, 0.3) is 11.1 Å². The third-order valence-electron chi connectivity index (χ3n) is 5.21. The number of aromatic nitrogens is 2. The van der Waals surface area contributed by atoms with Crippen molar-refractivity contribution >= 4 is 11.6 Å². The first kappa shape index (κ1) is 21.4. The molecule has 0 aliphatic heterocycles. The molecule has 32 heavy (non-hydrogen) atoms. The fraction of sp³-hybridized carbons (Fsp3) is 0.185. The molecule has 1 heterocycles. The second-order valence-corrected chi connectivity index (χ2v) is 8.69. The van der Waals surface area contributed by atoms with Gasteiger partial charge in [-0.1, -0.05) is 75.4 Å². The monoisotopic (exact) mass is 425 g/mol. The normalized spacial score (nSPS) is 11.2. The Kier molecular flexibility index (Phi) is 6.08. The summed E-state index contributed by atoms with van der Waals surface area (Å²) >= 11 is 0. The summed E-state index contributed by atoms with van der Waals surface area (Å²) < 4.78 is 7.40. The number of rotatable bonds is 6. The molecule has 0 saturated heterocycles. The van der Waals surface area contributed by atoms with Gasteiger partial charge in [-0.3, -0.25) is 4.79 Å². The Morgan fingerprint density at radius 1 is 0.875 bits per heavy atom. The lowest BCUT2D eigenvalue weighted by atomic mass is 9.87. The minimum Gasteiger partial charge on any atom is -0.471 e.